The van der Waals surface area contributed by atoms with E-state index in [0.717, 1.165) is 12.0 Å². The summed E-state index contributed by atoms with van der Waals surface area (Å²) in [5.74, 6) is 0.106. The van der Waals surface area contributed by atoms with Crippen LogP contribution in [0.15, 0.2) is 30.3 Å². The highest BCUT2D eigenvalue weighted by Crippen LogP contribution is 2.10. The van der Waals surface area contributed by atoms with Crippen LogP contribution < -0.4 is 5.32 Å². The first-order valence-electron chi connectivity index (χ1n) is 6.06. The first-order valence-corrected chi connectivity index (χ1v) is 6.06. The molecule has 0 heterocycles. The fourth-order valence-electron chi connectivity index (χ4n) is 1.69. The number of hydrogen-bond acceptors (Lipinski definition) is 3. The number of rotatable bonds is 6. The number of esters is 1. The molecule has 3 nitrogen and oxygen atoms in total. The molecule has 94 valence electrons. The molecule has 0 amide bonds. The summed E-state index contributed by atoms with van der Waals surface area (Å²) in [5, 5.41) is 3.01. The van der Waals surface area contributed by atoms with Crippen LogP contribution in [0, 0.1) is 5.92 Å². The highest BCUT2D eigenvalue weighted by Gasteiger charge is 2.23. The number of carbonyl (C=O) groups excluding carboxylic acids is 1. The molecule has 0 aliphatic rings. The van der Waals surface area contributed by atoms with Crippen LogP contribution in [0.3, 0.4) is 0 Å². The second-order valence-electron chi connectivity index (χ2n) is 4.25. The van der Waals surface area contributed by atoms with Crippen LogP contribution in [0.1, 0.15) is 25.8 Å². The first kappa shape index (κ1) is 13.7. The maximum absolute atomic E-state index is 11.9. The highest BCUT2D eigenvalue weighted by molar-refractivity contribution is 5.76. The number of benzene rings is 1. The van der Waals surface area contributed by atoms with E-state index < -0.39 is 0 Å². The zero-order chi connectivity index (χ0) is 12.7. The van der Waals surface area contributed by atoms with Gasteiger partial charge in [0.15, 0.2) is 0 Å². The van der Waals surface area contributed by atoms with Gasteiger partial charge in [0.25, 0.3) is 0 Å². The molecular weight excluding hydrogens is 214 g/mol. The van der Waals surface area contributed by atoms with Gasteiger partial charge in [-0.1, -0.05) is 50.6 Å². The monoisotopic (exact) mass is 235 g/mol. The Labute approximate surface area is 103 Å². The van der Waals surface area contributed by atoms with Gasteiger partial charge < -0.3 is 10.1 Å². The molecular formula is C14H21NO2. The van der Waals surface area contributed by atoms with Gasteiger partial charge in [-0.25, -0.2) is 0 Å². The largest absolute Gasteiger partial charge is 0.460 e. The van der Waals surface area contributed by atoms with Crippen molar-refractivity contribution in [3.8, 4) is 0 Å². The van der Waals surface area contributed by atoms with Gasteiger partial charge in [0, 0.05) is 0 Å². The lowest BCUT2D eigenvalue weighted by Crippen LogP contribution is -2.40. The lowest BCUT2D eigenvalue weighted by atomic mass is 10.00. The highest BCUT2D eigenvalue weighted by atomic mass is 16.5. The van der Waals surface area contributed by atoms with Crippen molar-refractivity contribution in [1.29, 1.82) is 0 Å². The predicted molar refractivity (Wildman–Crippen MR) is 68.5 cm³/mol. The first-order chi connectivity index (χ1) is 8.19. The minimum Gasteiger partial charge on any atom is -0.460 e. The van der Waals surface area contributed by atoms with E-state index in [0.29, 0.717) is 6.61 Å². The Kier molecular flexibility index (Phi) is 5.70. The third kappa shape index (κ3) is 4.19. The molecule has 0 saturated heterocycles. The van der Waals surface area contributed by atoms with Crippen LogP contribution in [0.2, 0.25) is 0 Å². The van der Waals surface area contributed by atoms with Crippen molar-refractivity contribution in [3.63, 3.8) is 0 Å². The number of hydrogen-bond donors (Lipinski definition) is 1. The zero-order valence-electron chi connectivity index (χ0n) is 10.8. The number of nitrogens with one attached hydrogen (secondary N) is 1. The number of carbonyl (C=O) groups is 1. The molecule has 0 aliphatic heterocycles. The van der Waals surface area contributed by atoms with E-state index in [1.807, 2.05) is 37.3 Å². The van der Waals surface area contributed by atoms with Gasteiger partial charge in [0.1, 0.15) is 12.6 Å². The summed E-state index contributed by atoms with van der Waals surface area (Å²) in [4.78, 5) is 11.9. The Morgan fingerprint density at radius 1 is 1.35 bits per heavy atom. The molecule has 1 rings (SSSR count). The molecule has 0 radical (unpaired) electrons. The summed E-state index contributed by atoms with van der Waals surface area (Å²) in [5.41, 5.74) is 1.01. The Morgan fingerprint density at radius 2 is 2.00 bits per heavy atom. The van der Waals surface area contributed by atoms with Crippen molar-refractivity contribution in [2.24, 2.45) is 5.92 Å². The summed E-state index contributed by atoms with van der Waals surface area (Å²) in [6.45, 7) is 4.46. The van der Waals surface area contributed by atoms with E-state index in [1.165, 1.54) is 0 Å². The molecule has 0 unspecified atom stereocenters. The van der Waals surface area contributed by atoms with Crippen molar-refractivity contribution in [1.82, 2.24) is 5.32 Å². The maximum Gasteiger partial charge on any atom is 0.323 e. The summed E-state index contributed by atoms with van der Waals surface area (Å²) in [7, 11) is 1.79. The molecule has 2 atom stereocenters. The van der Waals surface area contributed by atoms with Gasteiger partial charge in [-0.05, 0) is 18.5 Å². The topological polar surface area (TPSA) is 38.3 Å². The predicted octanol–water partition coefficient (Wildman–Crippen LogP) is 2.36. The fraction of sp³-hybridized carbons (Fsp3) is 0.500. The van der Waals surface area contributed by atoms with E-state index >= 15 is 0 Å². The second kappa shape index (κ2) is 7.07. The zero-order valence-corrected chi connectivity index (χ0v) is 10.8. The fourth-order valence-corrected chi connectivity index (χ4v) is 1.69. The van der Waals surface area contributed by atoms with Crippen LogP contribution in [0.5, 0.6) is 0 Å². The second-order valence-corrected chi connectivity index (χ2v) is 4.25. The van der Waals surface area contributed by atoms with Gasteiger partial charge in [0.2, 0.25) is 0 Å². The number of likely N-dealkylation sites (N-methyl/N-ethyl adjacent to an activating group) is 1. The molecule has 0 fully saturated rings. The van der Waals surface area contributed by atoms with Crippen molar-refractivity contribution < 1.29 is 9.53 Å². The standard InChI is InChI=1S/C14H21NO2/c1-4-11(2)13(15-3)14(16)17-10-12-8-6-5-7-9-12/h5-9,11,13,15H,4,10H2,1-3H3/t11-,13+/m0/s1. The van der Waals surface area contributed by atoms with Crippen LogP contribution in [0.25, 0.3) is 0 Å². The van der Waals surface area contributed by atoms with E-state index in [9.17, 15) is 4.79 Å². The normalized spacial score (nSPS) is 14.1. The molecule has 17 heavy (non-hydrogen) atoms. The van der Waals surface area contributed by atoms with Crippen molar-refractivity contribution in [3.05, 3.63) is 35.9 Å². The van der Waals surface area contributed by atoms with Crippen molar-refractivity contribution in [2.45, 2.75) is 32.9 Å². The lowest BCUT2D eigenvalue weighted by Gasteiger charge is -2.20. The van der Waals surface area contributed by atoms with Crippen molar-refractivity contribution >= 4 is 5.97 Å². The van der Waals surface area contributed by atoms with Crippen molar-refractivity contribution in [2.75, 3.05) is 7.05 Å². The van der Waals surface area contributed by atoms with E-state index in [1.54, 1.807) is 7.05 Å². The Bertz CT molecular complexity index is 337. The van der Waals surface area contributed by atoms with Crippen LogP contribution in [-0.2, 0) is 16.1 Å². The number of ether oxygens (including phenoxy) is 1. The summed E-state index contributed by atoms with van der Waals surface area (Å²) < 4.78 is 5.30. The Morgan fingerprint density at radius 3 is 2.53 bits per heavy atom. The average Bonchev–Trinajstić information content (AvgIpc) is 2.38. The third-order valence-electron chi connectivity index (χ3n) is 3.00. The molecule has 0 aliphatic carbocycles. The van der Waals surface area contributed by atoms with Gasteiger partial charge >= 0.3 is 5.97 Å². The van der Waals surface area contributed by atoms with Gasteiger partial charge in [-0.15, -0.1) is 0 Å². The van der Waals surface area contributed by atoms with Gasteiger partial charge in [-0.3, -0.25) is 4.79 Å². The van der Waals surface area contributed by atoms with Crippen LogP contribution in [-0.4, -0.2) is 19.1 Å². The Hall–Kier alpha value is -1.35. The quantitative estimate of drug-likeness (QED) is 0.769. The third-order valence-corrected chi connectivity index (χ3v) is 3.00. The van der Waals surface area contributed by atoms with Gasteiger partial charge in [-0.2, -0.15) is 0 Å². The summed E-state index contributed by atoms with van der Waals surface area (Å²) in [6, 6.07) is 9.50. The van der Waals surface area contributed by atoms with E-state index in [-0.39, 0.29) is 17.9 Å². The van der Waals surface area contributed by atoms with Crippen LogP contribution in [0.4, 0.5) is 0 Å². The van der Waals surface area contributed by atoms with Crippen LogP contribution >= 0.6 is 0 Å². The van der Waals surface area contributed by atoms with E-state index in [4.69, 9.17) is 4.74 Å². The summed E-state index contributed by atoms with van der Waals surface area (Å²) >= 11 is 0. The molecule has 0 spiro atoms. The SMILES string of the molecule is CC[C@H](C)[C@@H](NC)C(=O)OCc1ccccc1. The average molecular weight is 235 g/mol. The molecule has 1 N–H and O–H groups in total. The smallest absolute Gasteiger partial charge is 0.323 e. The van der Waals surface area contributed by atoms with E-state index in [2.05, 4.69) is 12.2 Å². The molecule has 0 bridgehead atoms. The van der Waals surface area contributed by atoms with Gasteiger partial charge in [0.05, 0.1) is 0 Å². The molecule has 3 heteroatoms. The Balaban J connectivity index is 2.48. The molecule has 1 aromatic carbocycles. The molecule has 0 aromatic heterocycles. The lowest BCUT2D eigenvalue weighted by molar-refractivity contribution is -0.148. The molecule has 1 aromatic rings. The summed E-state index contributed by atoms with van der Waals surface area (Å²) in [6.07, 6.45) is 0.950. The molecule has 0 saturated carbocycles. The minimum atomic E-state index is -0.219. The maximum atomic E-state index is 11.9. The minimum absolute atomic E-state index is 0.175.